The summed E-state index contributed by atoms with van der Waals surface area (Å²) in [6.07, 6.45) is 0. The number of aryl methyl sites for hydroxylation is 2. The van der Waals surface area contributed by atoms with Crippen molar-refractivity contribution in [2.75, 3.05) is 0 Å². The van der Waals surface area contributed by atoms with Gasteiger partial charge in [-0.2, -0.15) is 0 Å². The highest BCUT2D eigenvalue weighted by molar-refractivity contribution is 14.1. The average Bonchev–Trinajstić information content (AvgIpc) is 2.33. The molecule has 0 saturated heterocycles. The average molecular weight is 357 g/mol. The molecule has 1 unspecified atom stereocenters. The van der Waals surface area contributed by atoms with Crippen molar-refractivity contribution >= 4 is 34.2 Å². The third kappa shape index (κ3) is 2.83. The largest absolute Gasteiger partial charge is 0.113 e. The van der Waals surface area contributed by atoms with E-state index in [4.69, 9.17) is 11.6 Å². The van der Waals surface area contributed by atoms with Crippen LogP contribution in [0.1, 0.15) is 27.6 Å². The van der Waals surface area contributed by atoms with Crippen molar-refractivity contribution in [1.82, 2.24) is 0 Å². The maximum atomic E-state index is 6.56. The molecule has 0 N–H and O–H groups in total. The molecule has 2 rings (SSSR count). The van der Waals surface area contributed by atoms with Gasteiger partial charge in [0.25, 0.3) is 0 Å². The Balaban J connectivity index is 2.40. The summed E-state index contributed by atoms with van der Waals surface area (Å²) in [5.41, 5.74) is 4.88. The Labute approximate surface area is 121 Å². The molecule has 0 aromatic heterocycles. The van der Waals surface area contributed by atoms with E-state index in [9.17, 15) is 0 Å². The second-order valence-corrected chi connectivity index (χ2v) is 5.77. The van der Waals surface area contributed by atoms with Crippen LogP contribution < -0.4 is 0 Å². The lowest BCUT2D eigenvalue weighted by molar-refractivity contribution is 1.11. The van der Waals surface area contributed by atoms with Crippen molar-refractivity contribution < 1.29 is 0 Å². The minimum atomic E-state index is -0.0672. The summed E-state index contributed by atoms with van der Waals surface area (Å²) in [6.45, 7) is 4.20. The van der Waals surface area contributed by atoms with E-state index in [0.717, 1.165) is 5.56 Å². The van der Waals surface area contributed by atoms with Crippen LogP contribution in [-0.4, -0.2) is 0 Å². The minimum Gasteiger partial charge on any atom is -0.113 e. The fourth-order valence-corrected chi connectivity index (χ4v) is 2.96. The lowest BCUT2D eigenvalue weighted by Crippen LogP contribution is -1.97. The van der Waals surface area contributed by atoms with Crippen molar-refractivity contribution in [2.45, 2.75) is 19.2 Å². The first kappa shape index (κ1) is 12.9. The van der Waals surface area contributed by atoms with E-state index in [2.05, 4.69) is 78.9 Å². The Morgan fingerprint density at radius 3 is 2.29 bits per heavy atom. The maximum Gasteiger partial charge on any atom is 0.0845 e. The molecule has 0 radical (unpaired) electrons. The molecule has 0 fully saturated rings. The zero-order valence-corrected chi connectivity index (χ0v) is 12.8. The first-order chi connectivity index (χ1) is 8.09. The number of hydrogen-bond donors (Lipinski definition) is 0. The van der Waals surface area contributed by atoms with Crippen LogP contribution in [0, 0.1) is 17.4 Å². The fraction of sp³-hybridized carbons (Fsp3) is 0.200. The minimum absolute atomic E-state index is 0.0672. The second kappa shape index (κ2) is 5.40. The second-order valence-electron chi connectivity index (χ2n) is 4.25. The number of rotatable bonds is 2. The zero-order valence-electron chi connectivity index (χ0n) is 9.87. The van der Waals surface area contributed by atoms with E-state index in [1.54, 1.807) is 0 Å². The van der Waals surface area contributed by atoms with Crippen LogP contribution in [0.5, 0.6) is 0 Å². The monoisotopic (exact) mass is 356 g/mol. The van der Waals surface area contributed by atoms with Crippen LogP contribution in [0.25, 0.3) is 0 Å². The van der Waals surface area contributed by atoms with Crippen LogP contribution in [0.4, 0.5) is 0 Å². The summed E-state index contributed by atoms with van der Waals surface area (Å²) in [5, 5.41) is -0.0672. The molecule has 2 heteroatoms. The number of benzene rings is 2. The van der Waals surface area contributed by atoms with Crippen LogP contribution in [0.3, 0.4) is 0 Å². The summed E-state index contributed by atoms with van der Waals surface area (Å²) in [4.78, 5) is 0. The Morgan fingerprint density at radius 1 is 1.00 bits per heavy atom. The summed E-state index contributed by atoms with van der Waals surface area (Å²) in [7, 11) is 0. The molecule has 2 aromatic carbocycles. The molecule has 1 atom stereocenters. The van der Waals surface area contributed by atoms with Crippen molar-refractivity contribution in [3.8, 4) is 0 Å². The normalized spacial score (nSPS) is 12.5. The molecule has 0 heterocycles. The summed E-state index contributed by atoms with van der Waals surface area (Å²) < 4.78 is 1.26. The molecule has 0 aliphatic heterocycles. The smallest absolute Gasteiger partial charge is 0.0845 e. The summed E-state index contributed by atoms with van der Waals surface area (Å²) >= 11 is 8.93. The predicted molar refractivity (Wildman–Crippen MR) is 82.8 cm³/mol. The third-order valence-corrected chi connectivity index (χ3v) is 4.83. The molecule has 0 amide bonds. The molecule has 0 aliphatic rings. The molecular formula is C15H14ClI. The van der Waals surface area contributed by atoms with Crippen LogP contribution >= 0.6 is 34.2 Å². The van der Waals surface area contributed by atoms with Gasteiger partial charge in [0.15, 0.2) is 0 Å². The van der Waals surface area contributed by atoms with Crippen LogP contribution in [0.2, 0.25) is 0 Å². The number of hydrogen-bond acceptors (Lipinski definition) is 0. The van der Waals surface area contributed by atoms with E-state index in [-0.39, 0.29) is 5.38 Å². The molecule has 2 aromatic rings. The summed E-state index contributed by atoms with van der Waals surface area (Å²) in [5.74, 6) is 0. The van der Waals surface area contributed by atoms with Gasteiger partial charge in [0.05, 0.1) is 5.38 Å². The molecule has 17 heavy (non-hydrogen) atoms. The van der Waals surface area contributed by atoms with E-state index in [1.807, 2.05) is 0 Å². The lowest BCUT2D eigenvalue weighted by Gasteiger charge is -2.14. The van der Waals surface area contributed by atoms with Gasteiger partial charge in [0.1, 0.15) is 0 Å². The van der Waals surface area contributed by atoms with Crippen molar-refractivity contribution in [2.24, 2.45) is 0 Å². The van der Waals surface area contributed by atoms with E-state index >= 15 is 0 Å². The topological polar surface area (TPSA) is 0 Å². The third-order valence-electron chi connectivity index (χ3n) is 2.86. The predicted octanol–water partition coefficient (Wildman–Crippen LogP) is 5.24. The first-order valence-electron chi connectivity index (χ1n) is 5.55. The molecular weight excluding hydrogens is 343 g/mol. The van der Waals surface area contributed by atoms with E-state index in [1.165, 1.54) is 20.3 Å². The van der Waals surface area contributed by atoms with E-state index in [0.29, 0.717) is 0 Å². The van der Waals surface area contributed by atoms with Gasteiger partial charge in [-0.1, -0.05) is 48.0 Å². The van der Waals surface area contributed by atoms with Crippen LogP contribution in [-0.2, 0) is 0 Å². The SMILES string of the molecule is Cc1ccc(C(Cl)c2cccc(C)c2I)cc1. The van der Waals surface area contributed by atoms with Crippen molar-refractivity contribution in [3.05, 3.63) is 68.3 Å². The van der Waals surface area contributed by atoms with Gasteiger partial charge in [0.2, 0.25) is 0 Å². The van der Waals surface area contributed by atoms with Gasteiger partial charge in [-0.25, -0.2) is 0 Å². The lowest BCUT2D eigenvalue weighted by atomic mass is 10.0. The van der Waals surface area contributed by atoms with Gasteiger partial charge in [-0.15, -0.1) is 11.6 Å². The number of alkyl halides is 1. The first-order valence-corrected chi connectivity index (χ1v) is 7.07. The standard InChI is InChI=1S/C15H14ClI/c1-10-6-8-12(9-7-10)14(16)13-5-3-4-11(2)15(13)17/h3-9,14H,1-2H3. The van der Waals surface area contributed by atoms with Crippen molar-refractivity contribution in [3.63, 3.8) is 0 Å². The Bertz CT molecular complexity index is 517. The molecule has 0 spiro atoms. The Hall–Kier alpha value is -0.540. The van der Waals surface area contributed by atoms with Crippen LogP contribution in [0.15, 0.2) is 42.5 Å². The Kier molecular flexibility index (Phi) is 4.10. The fourth-order valence-electron chi connectivity index (χ4n) is 1.78. The van der Waals surface area contributed by atoms with Gasteiger partial charge in [0, 0.05) is 3.57 Å². The molecule has 0 nitrogen and oxygen atoms in total. The van der Waals surface area contributed by atoms with Gasteiger partial charge >= 0.3 is 0 Å². The highest BCUT2D eigenvalue weighted by Crippen LogP contribution is 2.33. The molecule has 88 valence electrons. The molecule has 0 aliphatic carbocycles. The maximum absolute atomic E-state index is 6.56. The highest BCUT2D eigenvalue weighted by atomic mass is 127. The van der Waals surface area contributed by atoms with Gasteiger partial charge < -0.3 is 0 Å². The zero-order chi connectivity index (χ0) is 12.4. The quantitative estimate of drug-likeness (QED) is 0.510. The summed E-state index contributed by atoms with van der Waals surface area (Å²) in [6, 6.07) is 14.7. The molecule has 0 bridgehead atoms. The van der Waals surface area contributed by atoms with E-state index < -0.39 is 0 Å². The molecule has 0 saturated carbocycles. The van der Waals surface area contributed by atoms with Gasteiger partial charge in [-0.05, 0) is 53.1 Å². The highest BCUT2D eigenvalue weighted by Gasteiger charge is 2.14. The number of halogens is 2. The Morgan fingerprint density at radius 2 is 1.65 bits per heavy atom. The van der Waals surface area contributed by atoms with Gasteiger partial charge in [-0.3, -0.25) is 0 Å². The van der Waals surface area contributed by atoms with Crippen molar-refractivity contribution in [1.29, 1.82) is 0 Å².